The molecule has 11 heavy (non-hydrogen) atoms. The highest BCUT2D eigenvalue weighted by molar-refractivity contribution is 9.09. The normalized spacial score (nSPS) is 12.3. The molecule has 0 saturated heterocycles. The molecule has 0 aromatic carbocycles. The van der Waals surface area contributed by atoms with E-state index in [1.165, 1.54) is 6.92 Å². The van der Waals surface area contributed by atoms with Crippen molar-refractivity contribution in [3.63, 3.8) is 0 Å². The minimum atomic E-state index is -0.577. The number of hydrogen-bond acceptors (Lipinski definition) is 3. The maximum atomic E-state index is 11.0. The summed E-state index contributed by atoms with van der Waals surface area (Å²) in [6, 6.07) is 0. The van der Waals surface area contributed by atoms with Crippen LogP contribution in [0.15, 0.2) is 0 Å². The van der Waals surface area contributed by atoms with Crippen LogP contribution < -0.4 is 0 Å². The molecule has 0 fully saturated rings. The fraction of sp³-hybridized carbons (Fsp3) is 0.714. The van der Waals surface area contributed by atoms with Gasteiger partial charge in [0, 0.05) is 6.92 Å². The Bertz CT molecular complexity index is 156. The molecule has 0 bridgehead atoms. The molecule has 0 aliphatic carbocycles. The summed E-state index contributed by atoms with van der Waals surface area (Å²) < 4.78 is 4.73. The fourth-order valence-corrected chi connectivity index (χ4v) is 1.02. The number of rotatable bonds is 4. The molecule has 0 aromatic rings. The Morgan fingerprint density at radius 1 is 1.55 bits per heavy atom. The van der Waals surface area contributed by atoms with Crippen LogP contribution in [0.2, 0.25) is 0 Å². The Hall–Kier alpha value is -0.380. The lowest BCUT2D eigenvalue weighted by atomic mass is 10.2. The largest absolute Gasteiger partial charge is 0.455 e. The smallest absolute Gasteiger partial charge is 0.303 e. The number of Topliss-reactive ketones (excluding diaryl/α,β-unsaturated/α-hetero) is 1. The van der Waals surface area contributed by atoms with Gasteiger partial charge in [0.25, 0.3) is 0 Å². The Morgan fingerprint density at radius 2 is 2.09 bits per heavy atom. The maximum absolute atomic E-state index is 11.0. The molecule has 0 aromatic heterocycles. The second-order valence-corrected chi connectivity index (χ2v) is 2.67. The number of ketones is 1. The average Bonchev–Trinajstić information content (AvgIpc) is 1.98. The van der Waals surface area contributed by atoms with Gasteiger partial charge in [-0.1, -0.05) is 22.9 Å². The summed E-state index contributed by atoms with van der Waals surface area (Å²) in [5.41, 5.74) is 0. The van der Waals surface area contributed by atoms with Crippen LogP contribution in [-0.4, -0.2) is 23.2 Å². The van der Waals surface area contributed by atoms with Crippen molar-refractivity contribution in [2.24, 2.45) is 0 Å². The molecule has 0 rings (SSSR count). The van der Waals surface area contributed by atoms with Gasteiger partial charge in [-0.05, 0) is 6.42 Å². The fourth-order valence-electron chi connectivity index (χ4n) is 0.663. The third-order valence-electron chi connectivity index (χ3n) is 1.17. The van der Waals surface area contributed by atoms with Crippen molar-refractivity contribution in [1.82, 2.24) is 0 Å². The van der Waals surface area contributed by atoms with E-state index in [4.69, 9.17) is 4.74 Å². The molecule has 0 N–H and O–H groups in total. The Balaban J connectivity index is 3.94. The quantitative estimate of drug-likeness (QED) is 0.532. The second-order valence-electron chi connectivity index (χ2n) is 2.11. The molecule has 64 valence electrons. The van der Waals surface area contributed by atoms with Gasteiger partial charge in [0.05, 0.1) is 5.33 Å². The van der Waals surface area contributed by atoms with Gasteiger partial charge in [0.15, 0.2) is 11.9 Å². The highest BCUT2D eigenvalue weighted by Gasteiger charge is 2.17. The first kappa shape index (κ1) is 10.6. The summed E-state index contributed by atoms with van der Waals surface area (Å²) in [7, 11) is 0. The molecule has 1 unspecified atom stereocenters. The summed E-state index contributed by atoms with van der Waals surface area (Å²) in [6.45, 7) is 3.10. The van der Waals surface area contributed by atoms with Gasteiger partial charge in [0.2, 0.25) is 0 Å². The van der Waals surface area contributed by atoms with Crippen molar-refractivity contribution in [2.75, 3.05) is 5.33 Å². The molecule has 0 heterocycles. The summed E-state index contributed by atoms with van der Waals surface area (Å²) in [5.74, 6) is -0.506. The number of carbonyl (C=O) groups is 2. The molecular weight excluding hydrogens is 212 g/mol. The average molecular weight is 223 g/mol. The zero-order valence-electron chi connectivity index (χ0n) is 6.59. The van der Waals surface area contributed by atoms with E-state index in [2.05, 4.69) is 15.9 Å². The lowest BCUT2D eigenvalue weighted by Gasteiger charge is -2.11. The van der Waals surface area contributed by atoms with Crippen LogP contribution in [-0.2, 0) is 14.3 Å². The van der Waals surface area contributed by atoms with Crippen molar-refractivity contribution in [3.8, 4) is 0 Å². The first-order chi connectivity index (χ1) is 5.11. The van der Waals surface area contributed by atoms with Crippen LogP contribution in [0.3, 0.4) is 0 Å². The maximum Gasteiger partial charge on any atom is 0.303 e. The van der Waals surface area contributed by atoms with Gasteiger partial charge >= 0.3 is 5.97 Å². The van der Waals surface area contributed by atoms with Crippen LogP contribution in [0.5, 0.6) is 0 Å². The van der Waals surface area contributed by atoms with E-state index in [1.807, 2.05) is 0 Å². The highest BCUT2D eigenvalue weighted by Crippen LogP contribution is 2.02. The number of esters is 1. The van der Waals surface area contributed by atoms with Crippen molar-refractivity contribution < 1.29 is 14.3 Å². The molecule has 0 aliphatic rings. The molecule has 3 nitrogen and oxygen atoms in total. The standard InChI is InChI=1S/C7H11BrO3/c1-3-7(6(10)4-8)11-5(2)9/h7H,3-4H2,1-2H3. The zero-order chi connectivity index (χ0) is 8.85. The second kappa shape index (κ2) is 5.29. The number of alkyl halides is 1. The van der Waals surface area contributed by atoms with Crippen molar-refractivity contribution in [3.05, 3.63) is 0 Å². The minimum Gasteiger partial charge on any atom is -0.455 e. The molecule has 4 heteroatoms. The molecule has 1 atom stereocenters. The third-order valence-corrected chi connectivity index (χ3v) is 1.72. The molecule has 0 radical (unpaired) electrons. The van der Waals surface area contributed by atoms with Gasteiger partial charge < -0.3 is 4.74 Å². The van der Waals surface area contributed by atoms with Crippen LogP contribution in [0.1, 0.15) is 20.3 Å². The predicted molar refractivity (Wildman–Crippen MR) is 44.6 cm³/mol. The number of ether oxygens (including phenoxy) is 1. The van der Waals surface area contributed by atoms with Crippen LogP contribution in [0.4, 0.5) is 0 Å². The monoisotopic (exact) mass is 222 g/mol. The number of hydrogen-bond donors (Lipinski definition) is 0. The van der Waals surface area contributed by atoms with E-state index < -0.39 is 12.1 Å². The first-order valence-electron chi connectivity index (χ1n) is 3.37. The van der Waals surface area contributed by atoms with Crippen molar-refractivity contribution >= 4 is 27.7 Å². The molecular formula is C7H11BrO3. The topological polar surface area (TPSA) is 43.4 Å². The van der Waals surface area contributed by atoms with Crippen LogP contribution >= 0.6 is 15.9 Å². The Kier molecular flexibility index (Phi) is 5.11. The van der Waals surface area contributed by atoms with Gasteiger partial charge in [-0.15, -0.1) is 0 Å². The molecule has 0 saturated carbocycles. The summed E-state index contributed by atoms with van der Waals surface area (Å²) >= 11 is 3.01. The Morgan fingerprint density at radius 3 is 2.36 bits per heavy atom. The summed E-state index contributed by atoms with van der Waals surface area (Å²) in [4.78, 5) is 21.4. The van der Waals surface area contributed by atoms with E-state index in [9.17, 15) is 9.59 Å². The van der Waals surface area contributed by atoms with Gasteiger partial charge in [-0.3, -0.25) is 9.59 Å². The molecule has 0 aliphatic heterocycles. The van der Waals surface area contributed by atoms with Crippen molar-refractivity contribution in [1.29, 1.82) is 0 Å². The predicted octanol–water partition coefficient (Wildman–Crippen LogP) is 1.29. The van der Waals surface area contributed by atoms with E-state index >= 15 is 0 Å². The van der Waals surface area contributed by atoms with Gasteiger partial charge in [-0.25, -0.2) is 0 Å². The SMILES string of the molecule is CCC(OC(C)=O)C(=O)CBr. The minimum absolute atomic E-state index is 0.0947. The highest BCUT2D eigenvalue weighted by atomic mass is 79.9. The summed E-state index contributed by atoms with van der Waals surface area (Å²) in [6.07, 6.45) is -0.0452. The lowest BCUT2D eigenvalue weighted by molar-refractivity contribution is -0.152. The molecule has 0 amide bonds. The van der Waals surface area contributed by atoms with Crippen LogP contribution in [0.25, 0.3) is 0 Å². The first-order valence-corrected chi connectivity index (χ1v) is 4.49. The zero-order valence-corrected chi connectivity index (χ0v) is 8.18. The lowest BCUT2D eigenvalue weighted by Crippen LogP contribution is -2.26. The third kappa shape index (κ3) is 4.14. The van der Waals surface area contributed by atoms with E-state index in [1.54, 1.807) is 6.92 Å². The van der Waals surface area contributed by atoms with Crippen molar-refractivity contribution in [2.45, 2.75) is 26.4 Å². The molecule has 0 spiro atoms. The summed E-state index contributed by atoms with van der Waals surface area (Å²) in [5, 5.41) is 0.235. The van der Waals surface area contributed by atoms with E-state index in [0.29, 0.717) is 6.42 Å². The van der Waals surface area contributed by atoms with Gasteiger partial charge in [-0.2, -0.15) is 0 Å². The van der Waals surface area contributed by atoms with Gasteiger partial charge in [0.1, 0.15) is 0 Å². The Labute approximate surface area is 74.2 Å². The number of halogens is 1. The van der Waals surface area contributed by atoms with Crippen LogP contribution in [0, 0.1) is 0 Å². The number of carbonyl (C=O) groups excluding carboxylic acids is 2. The van der Waals surface area contributed by atoms with E-state index in [0.717, 1.165) is 0 Å². The van der Waals surface area contributed by atoms with E-state index in [-0.39, 0.29) is 11.1 Å².